The van der Waals surface area contributed by atoms with Gasteiger partial charge < -0.3 is 9.84 Å². The van der Waals surface area contributed by atoms with Crippen molar-refractivity contribution in [2.45, 2.75) is 17.4 Å². The lowest BCUT2D eigenvalue weighted by molar-refractivity contribution is -0.385. The van der Waals surface area contributed by atoms with Gasteiger partial charge in [0.05, 0.1) is 16.6 Å². The number of nitro groups is 1. The van der Waals surface area contributed by atoms with E-state index in [1.54, 1.807) is 0 Å². The average molecular weight is 339 g/mol. The van der Waals surface area contributed by atoms with Crippen LogP contribution in [0.2, 0.25) is 5.02 Å². The summed E-state index contributed by atoms with van der Waals surface area (Å²) in [4.78, 5) is 9.61. The fourth-order valence-electron chi connectivity index (χ4n) is 1.63. The molecule has 0 aliphatic carbocycles. The minimum absolute atomic E-state index is 0.0480. The van der Waals surface area contributed by atoms with E-state index in [4.69, 9.17) is 21.4 Å². The predicted molar refractivity (Wildman–Crippen MR) is 75.8 cm³/mol. The van der Waals surface area contributed by atoms with E-state index in [2.05, 4.69) is 4.72 Å². The third kappa shape index (κ3) is 4.90. The highest BCUT2D eigenvalue weighted by Crippen LogP contribution is 2.26. The lowest BCUT2D eigenvalue weighted by atomic mass is 10.2. The van der Waals surface area contributed by atoms with Crippen molar-refractivity contribution in [1.82, 2.24) is 4.72 Å². The molecule has 2 N–H and O–H groups in total. The molecule has 10 heteroatoms. The van der Waals surface area contributed by atoms with Crippen molar-refractivity contribution in [3.8, 4) is 0 Å². The fourth-order valence-corrected chi connectivity index (χ4v) is 3.40. The van der Waals surface area contributed by atoms with Gasteiger partial charge in [0.25, 0.3) is 5.69 Å². The van der Waals surface area contributed by atoms with E-state index in [0.717, 1.165) is 18.2 Å². The second-order valence-corrected chi connectivity index (χ2v) is 6.25. The van der Waals surface area contributed by atoms with E-state index in [-0.39, 0.29) is 30.3 Å². The van der Waals surface area contributed by atoms with Crippen LogP contribution in [0.4, 0.5) is 5.69 Å². The van der Waals surface area contributed by atoms with Crippen LogP contribution in [0.3, 0.4) is 0 Å². The largest absolute Gasteiger partial charge is 0.396 e. The third-order valence-corrected chi connectivity index (χ3v) is 4.58. The Morgan fingerprint density at radius 1 is 1.52 bits per heavy atom. The molecule has 0 amide bonds. The summed E-state index contributed by atoms with van der Waals surface area (Å²) in [6.07, 6.45) is 0.139. The van der Waals surface area contributed by atoms with E-state index in [9.17, 15) is 18.5 Å². The standard InChI is InChI=1S/C11H15ClN2O6S/c1-20-7-8(4-5-15)13-21(18,19)11-6-9(14(16)17)2-3-10(11)12/h2-3,6,8,13,15H,4-5,7H2,1H3. The SMILES string of the molecule is COCC(CCO)NS(=O)(=O)c1cc([N+](=O)[O-])ccc1Cl. The molecule has 1 aromatic rings. The number of methoxy groups -OCH3 is 1. The number of hydrogen-bond donors (Lipinski definition) is 2. The van der Waals surface area contributed by atoms with E-state index in [1.165, 1.54) is 7.11 Å². The van der Waals surface area contributed by atoms with Gasteiger partial charge in [0.1, 0.15) is 4.90 Å². The number of non-ortho nitro benzene ring substituents is 1. The minimum atomic E-state index is -4.07. The van der Waals surface area contributed by atoms with Crippen molar-refractivity contribution in [2.75, 3.05) is 20.3 Å². The lowest BCUT2D eigenvalue weighted by Gasteiger charge is -2.17. The van der Waals surface area contributed by atoms with Crippen LogP contribution in [0.5, 0.6) is 0 Å². The summed E-state index contributed by atoms with van der Waals surface area (Å²) < 4.78 is 31.6. The summed E-state index contributed by atoms with van der Waals surface area (Å²) in [5, 5.41) is 19.5. The molecule has 0 fully saturated rings. The zero-order valence-corrected chi connectivity index (χ0v) is 12.7. The molecule has 0 aliphatic rings. The van der Waals surface area contributed by atoms with Crippen LogP contribution >= 0.6 is 11.6 Å². The minimum Gasteiger partial charge on any atom is -0.396 e. The summed E-state index contributed by atoms with van der Waals surface area (Å²) in [6.45, 7) is -0.189. The van der Waals surface area contributed by atoms with Gasteiger partial charge >= 0.3 is 0 Å². The van der Waals surface area contributed by atoms with E-state index >= 15 is 0 Å². The molecule has 0 saturated carbocycles. The number of nitrogens with one attached hydrogen (secondary N) is 1. The molecule has 1 atom stereocenters. The Morgan fingerprint density at radius 3 is 2.71 bits per heavy atom. The maximum Gasteiger partial charge on any atom is 0.270 e. The van der Waals surface area contributed by atoms with Gasteiger partial charge in [-0.15, -0.1) is 0 Å². The highest BCUT2D eigenvalue weighted by molar-refractivity contribution is 7.89. The first-order chi connectivity index (χ1) is 9.81. The first kappa shape index (κ1) is 17.8. The van der Waals surface area contributed by atoms with E-state index in [0.29, 0.717) is 0 Å². The molecular weight excluding hydrogens is 324 g/mol. The first-order valence-electron chi connectivity index (χ1n) is 5.88. The fraction of sp³-hybridized carbons (Fsp3) is 0.455. The average Bonchev–Trinajstić information content (AvgIpc) is 2.38. The van der Waals surface area contributed by atoms with Crippen molar-refractivity contribution in [3.05, 3.63) is 33.3 Å². The van der Waals surface area contributed by atoms with Gasteiger partial charge in [-0.05, 0) is 12.5 Å². The van der Waals surface area contributed by atoms with Gasteiger partial charge in [0, 0.05) is 31.9 Å². The zero-order valence-electron chi connectivity index (χ0n) is 11.2. The lowest BCUT2D eigenvalue weighted by Crippen LogP contribution is -2.38. The van der Waals surface area contributed by atoms with Gasteiger partial charge in [-0.1, -0.05) is 11.6 Å². The number of benzene rings is 1. The molecule has 118 valence electrons. The van der Waals surface area contributed by atoms with Crippen molar-refractivity contribution in [3.63, 3.8) is 0 Å². The summed E-state index contributed by atoms with van der Waals surface area (Å²) in [6, 6.07) is 2.47. The summed E-state index contributed by atoms with van der Waals surface area (Å²) in [5.41, 5.74) is -0.384. The number of ether oxygens (including phenoxy) is 1. The molecule has 8 nitrogen and oxygen atoms in total. The Kier molecular flexibility index (Phi) is 6.49. The first-order valence-corrected chi connectivity index (χ1v) is 7.74. The van der Waals surface area contributed by atoms with Crippen LogP contribution < -0.4 is 4.72 Å². The molecule has 1 rings (SSSR count). The number of aliphatic hydroxyl groups is 1. The summed E-state index contributed by atoms with van der Waals surface area (Å²) in [7, 11) is -2.68. The van der Waals surface area contributed by atoms with E-state index < -0.39 is 25.9 Å². The molecule has 0 aliphatic heterocycles. The predicted octanol–water partition coefficient (Wildman–Crippen LogP) is 0.924. The number of sulfonamides is 1. The van der Waals surface area contributed by atoms with Crippen LogP contribution in [0.15, 0.2) is 23.1 Å². The monoisotopic (exact) mass is 338 g/mol. The Balaban J connectivity index is 3.11. The Bertz CT molecular complexity index is 601. The molecule has 0 spiro atoms. The van der Waals surface area contributed by atoms with Crippen molar-refractivity contribution >= 4 is 27.3 Å². The summed E-state index contributed by atoms with van der Waals surface area (Å²) in [5.74, 6) is 0. The highest BCUT2D eigenvalue weighted by Gasteiger charge is 2.24. The molecular formula is C11H15ClN2O6S. The van der Waals surface area contributed by atoms with Crippen LogP contribution in [0, 0.1) is 10.1 Å². The normalized spacial score (nSPS) is 13.1. The van der Waals surface area contributed by atoms with Gasteiger partial charge in [-0.2, -0.15) is 0 Å². The Morgan fingerprint density at radius 2 is 2.19 bits per heavy atom. The molecule has 0 radical (unpaired) electrons. The van der Waals surface area contributed by atoms with Gasteiger partial charge in [0.15, 0.2) is 0 Å². The molecule has 1 unspecified atom stereocenters. The van der Waals surface area contributed by atoms with Crippen LogP contribution in [-0.2, 0) is 14.8 Å². The molecule has 0 aromatic heterocycles. The number of halogens is 1. The van der Waals surface area contributed by atoms with Crippen molar-refractivity contribution in [1.29, 1.82) is 0 Å². The topological polar surface area (TPSA) is 119 Å². The van der Waals surface area contributed by atoms with Crippen molar-refractivity contribution in [2.24, 2.45) is 0 Å². The Labute approximate surface area is 126 Å². The second-order valence-electron chi connectivity index (χ2n) is 4.16. The smallest absolute Gasteiger partial charge is 0.270 e. The molecule has 1 aromatic carbocycles. The summed E-state index contributed by atoms with van der Waals surface area (Å²) >= 11 is 5.80. The second kappa shape index (κ2) is 7.66. The quantitative estimate of drug-likeness (QED) is 0.537. The number of rotatable bonds is 8. The Hall–Kier alpha value is -1.26. The maximum atomic E-state index is 12.2. The van der Waals surface area contributed by atoms with Crippen LogP contribution in [0.25, 0.3) is 0 Å². The van der Waals surface area contributed by atoms with Gasteiger partial charge in [-0.25, -0.2) is 13.1 Å². The number of nitro benzene ring substituents is 1. The van der Waals surface area contributed by atoms with Crippen molar-refractivity contribution < 1.29 is 23.2 Å². The molecule has 0 saturated heterocycles. The van der Waals surface area contributed by atoms with Gasteiger partial charge in [0.2, 0.25) is 10.0 Å². The zero-order chi connectivity index (χ0) is 16.0. The molecule has 0 bridgehead atoms. The van der Waals surface area contributed by atoms with Crippen LogP contribution in [0.1, 0.15) is 6.42 Å². The number of aliphatic hydroxyl groups excluding tert-OH is 1. The molecule has 0 heterocycles. The highest BCUT2D eigenvalue weighted by atomic mass is 35.5. The maximum absolute atomic E-state index is 12.2. The third-order valence-electron chi connectivity index (χ3n) is 2.58. The van der Waals surface area contributed by atoms with Crippen LogP contribution in [-0.4, -0.2) is 44.8 Å². The van der Waals surface area contributed by atoms with E-state index in [1.807, 2.05) is 0 Å². The number of nitrogens with zero attached hydrogens (tertiary/aromatic N) is 1. The van der Waals surface area contributed by atoms with Gasteiger partial charge in [-0.3, -0.25) is 10.1 Å². The molecule has 21 heavy (non-hydrogen) atoms. The number of hydrogen-bond acceptors (Lipinski definition) is 6.